The highest BCUT2D eigenvalue weighted by atomic mass is 35.5. The van der Waals surface area contributed by atoms with Crippen molar-refractivity contribution in [1.29, 1.82) is 0 Å². The zero-order valence-electron chi connectivity index (χ0n) is 13.6. The van der Waals surface area contributed by atoms with Gasteiger partial charge in [0.25, 0.3) is 5.69 Å². The van der Waals surface area contributed by atoms with Crippen LogP contribution in [0.25, 0.3) is 10.9 Å². The largest absolute Gasteiger partial charge is 0.325 e. The van der Waals surface area contributed by atoms with Crippen LogP contribution < -0.4 is 5.32 Å². The van der Waals surface area contributed by atoms with Crippen molar-refractivity contribution in [1.82, 2.24) is 4.98 Å². The van der Waals surface area contributed by atoms with Gasteiger partial charge in [-0.05, 0) is 30.7 Å². The van der Waals surface area contributed by atoms with Gasteiger partial charge in [-0.25, -0.2) is 4.39 Å². The minimum absolute atomic E-state index is 0.0591. The first kappa shape index (κ1) is 17.8. The van der Waals surface area contributed by atoms with E-state index in [0.717, 1.165) is 0 Å². The number of nitrogens with zero attached hydrogens (tertiary/aromatic N) is 2. The topological polar surface area (TPSA) is 85.1 Å². The number of carbonyl (C=O) groups excluding carboxylic acids is 1. The van der Waals surface area contributed by atoms with E-state index >= 15 is 0 Å². The maximum atomic E-state index is 14.0. The van der Waals surface area contributed by atoms with Crippen molar-refractivity contribution in [3.05, 3.63) is 74.7 Å². The molecule has 1 N–H and O–H groups in total. The summed E-state index contributed by atoms with van der Waals surface area (Å²) >= 11 is 5.72. The fraction of sp³-hybridized carbons (Fsp3) is 0.111. The van der Waals surface area contributed by atoms with Gasteiger partial charge in [0.05, 0.1) is 27.6 Å². The standard InChI is InChI=1S/C18H13ClFN3O3/c1-10-7-16(13-9-12(23(25)26)5-6-15(13)21-10)22-17(24)8-11-3-2-4-14(19)18(11)20/h2-7,9H,8H2,1H3,(H,21,22,24). The molecular formula is C18H13ClFN3O3. The Morgan fingerprint density at radius 2 is 2.08 bits per heavy atom. The van der Waals surface area contributed by atoms with Crippen molar-refractivity contribution in [3.63, 3.8) is 0 Å². The Morgan fingerprint density at radius 1 is 1.31 bits per heavy atom. The lowest BCUT2D eigenvalue weighted by Gasteiger charge is -2.10. The molecule has 0 radical (unpaired) electrons. The molecule has 6 nitrogen and oxygen atoms in total. The van der Waals surface area contributed by atoms with E-state index in [-0.39, 0.29) is 22.7 Å². The lowest BCUT2D eigenvalue weighted by atomic mass is 10.1. The highest BCUT2D eigenvalue weighted by Gasteiger charge is 2.15. The molecular weight excluding hydrogens is 361 g/mol. The Morgan fingerprint density at radius 3 is 2.81 bits per heavy atom. The molecule has 0 spiro atoms. The first-order chi connectivity index (χ1) is 12.3. The molecule has 1 amide bonds. The number of carbonyl (C=O) groups is 1. The number of hydrogen-bond acceptors (Lipinski definition) is 4. The molecule has 1 heterocycles. The molecule has 0 unspecified atom stereocenters. The van der Waals surface area contributed by atoms with Crippen LogP contribution >= 0.6 is 11.6 Å². The number of amides is 1. The zero-order chi connectivity index (χ0) is 18.8. The summed E-state index contributed by atoms with van der Waals surface area (Å²) in [4.78, 5) is 27.1. The van der Waals surface area contributed by atoms with Gasteiger partial charge in [0.1, 0.15) is 5.82 Å². The summed E-state index contributed by atoms with van der Waals surface area (Å²) in [6, 6.07) is 10.3. The van der Waals surface area contributed by atoms with E-state index in [2.05, 4.69) is 10.3 Å². The van der Waals surface area contributed by atoms with Crippen LogP contribution in [0.3, 0.4) is 0 Å². The van der Waals surface area contributed by atoms with Gasteiger partial charge < -0.3 is 5.32 Å². The number of hydrogen-bond donors (Lipinski definition) is 1. The molecule has 0 saturated carbocycles. The van der Waals surface area contributed by atoms with Gasteiger partial charge in [-0.3, -0.25) is 19.9 Å². The number of aromatic nitrogens is 1. The van der Waals surface area contributed by atoms with Crippen molar-refractivity contribution in [3.8, 4) is 0 Å². The highest BCUT2D eigenvalue weighted by Crippen LogP contribution is 2.27. The summed E-state index contributed by atoms with van der Waals surface area (Å²) < 4.78 is 14.0. The van der Waals surface area contributed by atoms with Crippen molar-refractivity contribution in [2.75, 3.05) is 5.32 Å². The Kier molecular flexibility index (Phi) is 4.81. The molecule has 0 aliphatic rings. The lowest BCUT2D eigenvalue weighted by molar-refractivity contribution is -0.384. The van der Waals surface area contributed by atoms with Crippen LogP contribution in [0.15, 0.2) is 42.5 Å². The van der Waals surface area contributed by atoms with E-state index in [1.165, 1.54) is 30.3 Å². The SMILES string of the molecule is Cc1cc(NC(=O)Cc2cccc(Cl)c2F)c2cc([N+](=O)[O-])ccc2n1. The van der Waals surface area contributed by atoms with Crippen molar-refractivity contribution in [2.45, 2.75) is 13.3 Å². The second-order valence-corrected chi connectivity index (χ2v) is 6.11. The molecule has 2 aromatic carbocycles. The summed E-state index contributed by atoms with van der Waals surface area (Å²) in [5, 5.41) is 14.1. The third-order valence-electron chi connectivity index (χ3n) is 3.79. The van der Waals surface area contributed by atoms with E-state index in [9.17, 15) is 19.3 Å². The van der Waals surface area contributed by atoms with Crippen molar-refractivity contribution < 1.29 is 14.1 Å². The predicted molar refractivity (Wildman–Crippen MR) is 96.9 cm³/mol. The second-order valence-electron chi connectivity index (χ2n) is 5.71. The Bertz CT molecular complexity index is 1040. The average Bonchev–Trinajstić information content (AvgIpc) is 2.58. The summed E-state index contributed by atoms with van der Waals surface area (Å²) in [6.45, 7) is 1.74. The van der Waals surface area contributed by atoms with Crippen LogP contribution in [-0.2, 0) is 11.2 Å². The predicted octanol–water partition coefficient (Wildman–Crippen LogP) is 4.43. The smallest absolute Gasteiger partial charge is 0.270 e. The quantitative estimate of drug-likeness (QED) is 0.541. The number of nitrogens with one attached hydrogen (secondary N) is 1. The molecule has 132 valence electrons. The van der Waals surface area contributed by atoms with E-state index in [1.54, 1.807) is 19.1 Å². The average molecular weight is 374 g/mol. The van der Waals surface area contributed by atoms with Gasteiger partial charge in [0.2, 0.25) is 5.91 Å². The van der Waals surface area contributed by atoms with Crippen LogP contribution in [0.4, 0.5) is 15.8 Å². The summed E-state index contributed by atoms with van der Waals surface area (Å²) in [5.41, 5.74) is 1.58. The van der Waals surface area contributed by atoms with Crippen molar-refractivity contribution in [2.24, 2.45) is 0 Å². The fourth-order valence-corrected chi connectivity index (χ4v) is 2.81. The molecule has 8 heteroatoms. The number of anilines is 1. The Balaban J connectivity index is 1.94. The number of nitro groups is 1. The second kappa shape index (κ2) is 7.05. The van der Waals surface area contributed by atoms with E-state index in [1.807, 2.05) is 0 Å². The molecule has 26 heavy (non-hydrogen) atoms. The number of non-ortho nitro benzene ring substituents is 1. The first-order valence-corrected chi connectivity index (χ1v) is 8.01. The molecule has 0 atom stereocenters. The minimum atomic E-state index is -0.643. The molecule has 0 bridgehead atoms. The number of benzene rings is 2. The summed E-state index contributed by atoms with van der Waals surface area (Å²) in [6.07, 6.45) is -0.218. The van der Waals surface area contributed by atoms with E-state index in [4.69, 9.17) is 11.6 Å². The maximum Gasteiger partial charge on any atom is 0.270 e. The fourth-order valence-electron chi connectivity index (χ4n) is 2.62. The van der Waals surface area contributed by atoms with Crippen LogP contribution in [-0.4, -0.2) is 15.8 Å². The number of pyridine rings is 1. The third kappa shape index (κ3) is 3.62. The third-order valence-corrected chi connectivity index (χ3v) is 4.08. The number of halogens is 2. The zero-order valence-corrected chi connectivity index (χ0v) is 14.4. The van der Waals surface area contributed by atoms with Gasteiger partial charge in [-0.2, -0.15) is 0 Å². The number of nitro benzene ring substituents is 1. The van der Waals surface area contributed by atoms with E-state index in [0.29, 0.717) is 22.3 Å². The normalized spacial score (nSPS) is 10.7. The van der Waals surface area contributed by atoms with Crippen molar-refractivity contribution >= 4 is 39.8 Å². The monoisotopic (exact) mass is 373 g/mol. The summed E-state index contributed by atoms with van der Waals surface area (Å²) in [5.74, 6) is -1.11. The van der Waals surface area contributed by atoms with Gasteiger partial charge in [-0.15, -0.1) is 0 Å². The maximum absolute atomic E-state index is 14.0. The van der Waals surface area contributed by atoms with Gasteiger partial charge in [0, 0.05) is 23.2 Å². The van der Waals surface area contributed by atoms with Gasteiger partial charge in [0.15, 0.2) is 0 Å². The molecule has 0 aliphatic carbocycles. The highest BCUT2D eigenvalue weighted by molar-refractivity contribution is 6.30. The molecule has 3 rings (SSSR count). The molecule has 0 saturated heterocycles. The molecule has 0 fully saturated rings. The molecule has 3 aromatic rings. The van der Waals surface area contributed by atoms with Gasteiger partial charge in [-0.1, -0.05) is 23.7 Å². The van der Waals surface area contributed by atoms with Crippen LogP contribution in [0.1, 0.15) is 11.3 Å². The Labute approximate surface area is 152 Å². The molecule has 0 aliphatic heterocycles. The van der Waals surface area contributed by atoms with E-state index < -0.39 is 16.6 Å². The lowest BCUT2D eigenvalue weighted by Crippen LogP contribution is -2.16. The Hall–Kier alpha value is -3.06. The minimum Gasteiger partial charge on any atom is -0.325 e. The summed E-state index contributed by atoms with van der Waals surface area (Å²) in [7, 11) is 0. The first-order valence-electron chi connectivity index (χ1n) is 7.63. The van der Waals surface area contributed by atoms with Gasteiger partial charge >= 0.3 is 0 Å². The number of rotatable bonds is 4. The molecule has 1 aromatic heterocycles. The van der Waals surface area contributed by atoms with Crippen LogP contribution in [0.2, 0.25) is 5.02 Å². The number of aryl methyl sites for hydroxylation is 1. The van der Waals surface area contributed by atoms with Crippen LogP contribution in [0, 0.1) is 22.9 Å². The number of fused-ring (bicyclic) bond motifs is 1. The van der Waals surface area contributed by atoms with Crippen LogP contribution in [0.5, 0.6) is 0 Å².